The predicted molar refractivity (Wildman–Crippen MR) is 96.0 cm³/mol. The molecule has 0 saturated heterocycles. The molecule has 2 aromatic carbocycles. The van der Waals surface area contributed by atoms with Crippen molar-refractivity contribution in [3.05, 3.63) is 59.7 Å². The first-order valence-corrected chi connectivity index (χ1v) is 8.61. The molecule has 0 aliphatic rings. The lowest BCUT2D eigenvalue weighted by atomic mass is 9.90. The monoisotopic (exact) mass is 312 g/mol. The highest BCUT2D eigenvalue weighted by atomic mass is 16.3. The maximum atomic E-state index is 9.35. The first kappa shape index (κ1) is 17.4. The van der Waals surface area contributed by atoms with Crippen LogP contribution >= 0.6 is 0 Å². The number of phenols is 2. The summed E-state index contributed by atoms with van der Waals surface area (Å²) in [5, 5.41) is 18.6. The van der Waals surface area contributed by atoms with Crippen molar-refractivity contribution in [2.24, 2.45) is 5.92 Å². The third kappa shape index (κ3) is 5.97. The second kappa shape index (κ2) is 8.61. The molecule has 2 atom stereocenters. The van der Waals surface area contributed by atoms with E-state index < -0.39 is 0 Å². The van der Waals surface area contributed by atoms with Crippen LogP contribution in [0.1, 0.15) is 56.6 Å². The Hall–Kier alpha value is -1.96. The standard InChI is InChI=1S/C21H28O2/c1-16(4-3-5-18-8-12-20(22)13-9-18)6-7-17(2)19-10-14-21(23)15-11-19/h8-17,22-23H,3-7H2,1-2H3. The number of phenolic OH excluding ortho intramolecular Hbond substituents is 2. The van der Waals surface area contributed by atoms with Gasteiger partial charge in [-0.25, -0.2) is 0 Å². The average Bonchev–Trinajstić information content (AvgIpc) is 2.55. The summed E-state index contributed by atoms with van der Waals surface area (Å²) in [5.74, 6) is 1.94. The minimum absolute atomic E-state index is 0.337. The number of hydrogen-bond donors (Lipinski definition) is 2. The Morgan fingerprint density at radius 1 is 0.739 bits per heavy atom. The molecule has 0 aliphatic carbocycles. The van der Waals surface area contributed by atoms with Gasteiger partial charge in [-0.2, -0.15) is 0 Å². The molecule has 0 fully saturated rings. The minimum atomic E-state index is 0.337. The van der Waals surface area contributed by atoms with Crippen molar-refractivity contribution in [3.8, 4) is 11.5 Å². The van der Waals surface area contributed by atoms with E-state index in [0.29, 0.717) is 17.4 Å². The van der Waals surface area contributed by atoms with Crippen LogP contribution in [0.3, 0.4) is 0 Å². The van der Waals surface area contributed by atoms with Gasteiger partial charge in [-0.15, -0.1) is 0 Å². The predicted octanol–water partition coefficient (Wildman–Crippen LogP) is 5.64. The molecule has 0 bridgehead atoms. The van der Waals surface area contributed by atoms with E-state index in [1.54, 1.807) is 24.3 Å². The highest BCUT2D eigenvalue weighted by Gasteiger charge is 2.09. The summed E-state index contributed by atoms with van der Waals surface area (Å²) in [4.78, 5) is 0. The van der Waals surface area contributed by atoms with E-state index in [4.69, 9.17) is 0 Å². The van der Waals surface area contributed by atoms with Gasteiger partial charge < -0.3 is 10.2 Å². The summed E-state index contributed by atoms with van der Waals surface area (Å²) in [6, 6.07) is 15.1. The van der Waals surface area contributed by atoms with Crippen LogP contribution in [0.25, 0.3) is 0 Å². The molecule has 0 aliphatic heterocycles. The van der Waals surface area contributed by atoms with Gasteiger partial charge in [-0.3, -0.25) is 0 Å². The topological polar surface area (TPSA) is 40.5 Å². The molecule has 0 saturated carbocycles. The van der Waals surface area contributed by atoms with E-state index in [-0.39, 0.29) is 0 Å². The molecule has 0 radical (unpaired) electrons. The molecule has 2 heteroatoms. The second-order valence-corrected chi connectivity index (χ2v) is 6.73. The Kier molecular flexibility index (Phi) is 6.52. The van der Waals surface area contributed by atoms with Crippen LogP contribution in [0.4, 0.5) is 0 Å². The molecule has 2 unspecified atom stereocenters. The van der Waals surface area contributed by atoms with E-state index in [9.17, 15) is 10.2 Å². The van der Waals surface area contributed by atoms with Crippen molar-refractivity contribution in [2.75, 3.05) is 0 Å². The number of rotatable bonds is 8. The summed E-state index contributed by atoms with van der Waals surface area (Å²) in [7, 11) is 0. The van der Waals surface area contributed by atoms with Crippen LogP contribution in [0.2, 0.25) is 0 Å². The summed E-state index contributed by atoms with van der Waals surface area (Å²) in [5.41, 5.74) is 2.60. The largest absolute Gasteiger partial charge is 0.508 e. The maximum absolute atomic E-state index is 9.35. The SMILES string of the molecule is CC(CCCc1ccc(O)cc1)CCC(C)c1ccc(O)cc1. The molecule has 2 aromatic rings. The van der Waals surface area contributed by atoms with E-state index in [1.807, 2.05) is 24.3 Å². The quantitative estimate of drug-likeness (QED) is 0.662. The van der Waals surface area contributed by atoms with Crippen LogP contribution < -0.4 is 0 Å². The fourth-order valence-electron chi connectivity index (χ4n) is 2.97. The van der Waals surface area contributed by atoms with Crippen LogP contribution in [0.5, 0.6) is 11.5 Å². The van der Waals surface area contributed by atoms with E-state index in [1.165, 1.54) is 36.8 Å². The zero-order valence-corrected chi connectivity index (χ0v) is 14.2. The smallest absolute Gasteiger partial charge is 0.115 e. The Labute approximate surface area is 139 Å². The van der Waals surface area contributed by atoms with Crippen LogP contribution in [0, 0.1) is 5.92 Å². The van der Waals surface area contributed by atoms with Gasteiger partial charge >= 0.3 is 0 Å². The van der Waals surface area contributed by atoms with Gasteiger partial charge in [0.05, 0.1) is 0 Å². The minimum Gasteiger partial charge on any atom is -0.508 e. The first-order valence-electron chi connectivity index (χ1n) is 8.61. The maximum Gasteiger partial charge on any atom is 0.115 e. The zero-order chi connectivity index (χ0) is 16.7. The Bertz CT molecular complexity index is 572. The van der Waals surface area contributed by atoms with Gasteiger partial charge in [0.2, 0.25) is 0 Å². The molecule has 0 heterocycles. The summed E-state index contributed by atoms with van der Waals surface area (Å²) < 4.78 is 0. The first-order chi connectivity index (χ1) is 11.0. The van der Waals surface area contributed by atoms with Crippen molar-refractivity contribution in [1.29, 1.82) is 0 Å². The highest BCUT2D eigenvalue weighted by molar-refractivity contribution is 5.28. The molecule has 0 amide bonds. The zero-order valence-electron chi connectivity index (χ0n) is 14.2. The molecule has 0 aromatic heterocycles. The van der Waals surface area contributed by atoms with Crippen molar-refractivity contribution in [3.63, 3.8) is 0 Å². The van der Waals surface area contributed by atoms with Crippen molar-refractivity contribution < 1.29 is 10.2 Å². The molecule has 2 N–H and O–H groups in total. The summed E-state index contributed by atoms with van der Waals surface area (Å²) in [6.07, 6.45) is 5.93. The van der Waals surface area contributed by atoms with Gasteiger partial charge in [-0.05, 0) is 66.5 Å². The molecule has 2 rings (SSSR count). The van der Waals surface area contributed by atoms with Gasteiger partial charge in [0.25, 0.3) is 0 Å². The van der Waals surface area contributed by atoms with Crippen LogP contribution in [-0.4, -0.2) is 10.2 Å². The van der Waals surface area contributed by atoms with Crippen molar-refractivity contribution in [1.82, 2.24) is 0 Å². The number of aryl methyl sites for hydroxylation is 1. The number of benzene rings is 2. The Morgan fingerprint density at radius 3 is 1.91 bits per heavy atom. The van der Waals surface area contributed by atoms with E-state index in [0.717, 1.165) is 12.3 Å². The Morgan fingerprint density at radius 2 is 1.30 bits per heavy atom. The lowest BCUT2D eigenvalue weighted by molar-refractivity contribution is 0.440. The van der Waals surface area contributed by atoms with Gasteiger partial charge in [0, 0.05) is 0 Å². The van der Waals surface area contributed by atoms with Gasteiger partial charge in [0.15, 0.2) is 0 Å². The molecule has 124 valence electrons. The highest BCUT2D eigenvalue weighted by Crippen LogP contribution is 2.26. The number of hydrogen-bond acceptors (Lipinski definition) is 2. The fourth-order valence-corrected chi connectivity index (χ4v) is 2.97. The van der Waals surface area contributed by atoms with Crippen molar-refractivity contribution >= 4 is 0 Å². The third-order valence-corrected chi connectivity index (χ3v) is 4.65. The second-order valence-electron chi connectivity index (χ2n) is 6.73. The molecule has 23 heavy (non-hydrogen) atoms. The van der Waals surface area contributed by atoms with E-state index in [2.05, 4.69) is 13.8 Å². The van der Waals surface area contributed by atoms with Crippen LogP contribution in [0.15, 0.2) is 48.5 Å². The van der Waals surface area contributed by atoms with E-state index >= 15 is 0 Å². The normalized spacial score (nSPS) is 13.7. The lowest BCUT2D eigenvalue weighted by Crippen LogP contribution is -2.00. The van der Waals surface area contributed by atoms with Crippen molar-refractivity contribution in [2.45, 2.75) is 51.9 Å². The summed E-state index contributed by atoms with van der Waals surface area (Å²) in [6.45, 7) is 4.59. The van der Waals surface area contributed by atoms with Gasteiger partial charge in [0.1, 0.15) is 11.5 Å². The lowest BCUT2D eigenvalue weighted by Gasteiger charge is -2.16. The van der Waals surface area contributed by atoms with Crippen LogP contribution in [-0.2, 0) is 6.42 Å². The fraction of sp³-hybridized carbons (Fsp3) is 0.429. The Balaban J connectivity index is 1.67. The molecular weight excluding hydrogens is 284 g/mol. The summed E-state index contributed by atoms with van der Waals surface area (Å²) >= 11 is 0. The molecule has 2 nitrogen and oxygen atoms in total. The third-order valence-electron chi connectivity index (χ3n) is 4.65. The molecule has 0 spiro atoms. The molecular formula is C21H28O2. The number of aromatic hydroxyl groups is 2. The average molecular weight is 312 g/mol. The van der Waals surface area contributed by atoms with Gasteiger partial charge in [-0.1, -0.05) is 51.0 Å².